The van der Waals surface area contributed by atoms with Crippen molar-refractivity contribution in [3.63, 3.8) is 0 Å². The molecule has 0 unspecified atom stereocenters. The maximum absolute atomic E-state index is 12.6. The van der Waals surface area contributed by atoms with Crippen molar-refractivity contribution < 1.29 is 4.79 Å². The van der Waals surface area contributed by atoms with E-state index in [0.717, 1.165) is 43.7 Å². The topological polar surface area (TPSA) is 32.3 Å². The molecular formula is C22H27ClN2OS. The van der Waals surface area contributed by atoms with Crippen LogP contribution in [0, 0.1) is 12.8 Å². The predicted octanol–water partition coefficient (Wildman–Crippen LogP) is 5.44. The molecule has 1 amide bonds. The zero-order valence-corrected chi connectivity index (χ0v) is 17.5. The van der Waals surface area contributed by atoms with Crippen LogP contribution in [0.1, 0.15) is 47.3 Å². The molecule has 5 heteroatoms. The third kappa shape index (κ3) is 4.39. The zero-order chi connectivity index (χ0) is 18.8. The number of halogens is 1. The molecule has 144 valence electrons. The summed E-state index contributed by atoms with van der Waals surface area (Å²) in [5.41, 5.74) is 4.98. The number of hydrogen-bond donors (Lipinski definition) is 1. The van der Waals surface area contributed by atoms with Gasteiger partial charge in [0.25, 0.3) is 0 Å². The van der Waals surface area contributed by atoms with Crippen molar-refractivity contribution in [2.75, 3.05) is 18.4 Å². The summed E-state index contributed by atoms with van der Waals surface area (Å²) in [6, 6.07) is 5.76. The number of nitrogens with zero attached hydrogens (tertiary/aromatic N) is 1. The first-order valence-corrected chi connectivity index (χ1v) is 11.2. The highest BCUT2D eigenvalue weighted by Crippen LogP contribution is 2.32. The molecule has 1 aromatic carbocycles. The summed E-state index contributed by atoms with van der Waals surface area (Å²) in [7, 11) is 0. The van der Waals surface area contributed by atoms with Crippen molar-refractivity contribution >= 4 is 34.5 Å². The van der Waals surface area contributed by atoms with E-state index in [4.69, 9.17) is 11.6 Å². The minimum atomic E-state index is 0.0787. The lowest BCUT2D eigenvalue weighted by Gasteiger charge is -2.31. The number of amides is 1. The molecule has 0 spiro atoms. The van der Waals surface area contributed by atoms with Crippen LogP contribution in [0.5, 0.6) is 0 Å². The first-order valence-electron chi connectivity index (χ1n) is 9.97. The standard InChI is InChI=1S/C22H27ClN2OS/c1-15-6-7-20(19(23)12-15)24-22(26)16-8-10-25(11-9-16)13-17-14-27-21-5-3-2-4-18(17)21/h6-7,12,14,16H,2-5,8-11,13H2,1H3,(H,24,26). The molecule has 27 heavy (non-hydrogen) atoms. The number of hydrogen-bond acceptors (Lipinski definition) is 3. The van der Waals surface area contributed by atoms with Gasteiger partial charge in [-0.05, 0) is 92.7 Å². The Morgan fingerprint density at radius 1 is 1.26 bits per heavy atom. The van der Waals surface area contributed by atoms with Crippen molar-refractivity contribution in [3.8, 4) is 0 Å². The van der Waals surface area contributed by atoms with Crippen LogP contribution in [0.3, 0.4) is 0 Å². The number of benzene rings is 1. The molecular weight excluding hydrogens is 376 g/mol. The number of carbonyl (C=O) groups excluding carboxylic acids is 1. The second kappa shape index (κ2) is 8.34. The lowest BCUT2D eigenvalue weighted by atomic mass is 9.93. The van der Waals surface area contributed by atoms with Crippen LogP contribution in [0.2, 0.25) is 5.02 Å². The molecule has 1 fully saturated rings. The molecule has 0 atom stereocenters. The summed E-state index contributed by atoms with van der Waals surface area (Å²) in [5, 5.41) is 6.00. The van der Waals surface area contributed by atoms with Crippen molar-refractivity contribution in [2.24, 2.45) is 5.92 Å². The molecule has 3 nitrogen and oxygen atoms in total. The van der Waals surface area contributed by atoms with Crippen molar-refractivity contribution in [1.29, 1.82) is 0 Å². The molecule has 1 aliphatic carbocycles. The maximum Gasteiger partial charge on any atom is 0.227 e. The van der Waals surface area contributed by atoms with Gasteiger partial charge in [-0.3, -0.25) is 9.69 Å². The monoisotopic (exact) mass is 402 g/mol. The number of aryl methyl sites for hydroxylation is 2. The van der Waals surface area contributed by atoms with Gasteiger partial charge < -0.3 is 5.32 Å². The smallest absolute Gasteiger partial charge is 0.227 e. The Labute approximate surface area is 170 Å². The minimum Gasteiger partial charge on any atom is -0.325 e. The van der Waals surface area contributed by atoms with E-state index in [2.05, 4.69) is 15.6 Å². The number of anilines is 1. The number of piperidine rings is 1. The minimum absolute atomic E-state index is 0.0787. The average Bonchev–Trinajstić information content (AvgIpc) is 3.08. The highest BCUT2D eigenvalue weighted by atomic mass is 35.5. The molecule has 1 N–H and O–H groups in total. The van der Waals surface area contributed by atoms with E-state index in [-0.39, 0.29) is 11.8 Å². The Balaban J connectivity index is 1.31. The van der Waals surface area contributed by atoms with Gasteiger partial charge >= 0.3 is 0 Å². The van der Waals surface area contributed by atoms with Crippen molar-refractivity contribution in [1.82, 2.24) is 4.90 Å². The van der Waals surface area contributed by atoms with Crippen LogP contribution < -0.4 is 5.32 Å². The van der Waals surface area contributed by atoms with E-state index in [1.54, 1.807) is 10.4 Å². The normalized spacial score (nSPS) is 18.3. The third-order valence-electron chi connectivity index (χ3n) is 5.88. The van der Waals surface area contributed by atoms with E-state index >= 15 is 0 Å². The fraction of sp³-hybridized carbons (Fsp3) is 0.500. The zero-order valence-electron chi connectivity index (χ0n) is 15.9. The molecule has 1 aliphatic heterocycles. The largest absolute Gasteiger partial charge is 0.325 e. The molecule has 4 rings (SSSR count). The lowest BCUT2D eigenvalue weighted by molar-refractivity contribution is -0.121. The van der Waals surface area contributed by atoms with E-state index in [1.165, 1.54) is 31.2 Å². The summed E-state index contributed by atoms with van der Waals surface area (Å²) in [6.07, 6.45) is 7.04. The average molecular weight is 403 g/mol. The van der Waals surface area contributed by atoms with E-state index < -0.39 is 0 Å². The quantitative estimate of drug-likeness (QED) is 0.738. The van der Waals surface area contributed by atoms with E-state index in [9.17, 15) is 4.79 Å². The summed E-state index contributed by atoms with van der Waals surface area (Å²) in [5.74, 6) is 0.184. The number of likely N-dealkylation sites (tertiary alicyclic amines) is 1. The van der Waals surface area contributed by atoms with Gasteiger partial charge in [0.2, 0.25) is 5.91 Å². The molecule has 0 saturated carbocycles. The summed E-state index contributed by atoms with van der Waals surface area (Å²) in [4.78, 5) is 16.8. The number of carbonyl (C=O) groups is 1. The van der Waals surface area contributed by atoms with Crippen LogP contribution in [0.4, 0.5) is 5.69 Å². The Kier molecular flexibility index (Phi) is 5.86. The van der Waals surface area contributed by atoms with Gasteiger partial charge in [-0.2, -0.15) is 0 Å². The second-order valence-corrected chi connectivity index (χ2v) is 9.26. The highest BCUT2D eigenvalue weighted by Gasteiger charge is 2.26. The number of rotatable bonds is 4. The van der Waals surface area contributed by atoms with Gasteiger partial charge in [0.15, 0.2) is 0 Å². The SMILES string of the molecule is Cc1ccc(NC(=O)C2CCN(Cc3csc4c3CCCC4)CC2)c(Cl)c1. The maximum atomic E-state index is 12.6. The van der Waals surface area contributed by atoms with Gasteiger partial charge in [-0.15, -0.1) is 11.3 Å². The Morgan fingerprint density at radius 2 is 2.04 bits per heavy atom. The number of fused-ring (bicyclic) bond motifs is 1. The second-order valence-electron chi connectivity index (χ2n) is 7.89. The fourth-order valence-corrected chi connectivity index (χ4v) is 5.67. The van der Waals surface area contributed by atoms with Crippen LogP contribution in [-0.2, 0) is 24.2 Å². The molecule has 0 bridgehead atoms. The Hall–Kier alpha value is -1.36. The van der Waals surface area contributed by atoms with Gasteiger partial charge in [-0.25, -0.2) is 0 Å². The lowest BCUT2D eigenvalue weighted by Crippen LogP contribution is -2.37. The third-order valence-corrected chi connectivity index (χ3v) is 7.33. The highest BCUT2D eigenvalue weighted by molar-refractivity contribution is 7.10. The number of thiophene rings is 1. The molecule has 0 radical (unpaired) electrons. The first-order chi connectivity index (χ1) is 13.1. The van der Waals surface area contributed by atoms with Crippen LogP contribution in [0.25, 0.3) is 0 Å². The Bertz CT molecular complexity index is 824. The van der Waals surface area contributed by atoms with Crippen LogP contribution in [-0.4, -0.2) is 23.9 Å². The van der Waals surface area contributed by atoms with Crippen molar-refractivity contribution in [3.05, 3.63) is 50.2 Å². The Morgan fingerprint density at radius 3 is 2.81 bits per heavy atom. The van der Waals surface area contributed by atoms with Crippen LogP contribution >= 0.6 is 22.9 Å². The predicted molar refractivity (Wildman–Crippen MR) is 114 cm³/mol. The molecule has 2 heterocycles. The summed E-state index contributed by atoms with van der Waals surface area (Å²) < 4.78 is 0. The number of nitrogens with one attached hydrogen (secondary N) is 1. The van der Waals surface area contributed by atoms with Crippen molar-refractivity contribution in [2.45, 2.75) is 52.0 Å². The van der Waals surface area contributed by atoms with E-state index in [0.29, 0.717) is 5.02 Å². The summed E-state index contributed by atoms with van der Waals surface area (Å²) >= 11 is 8.20. The summed E-state index contributed by atoms with van der Waals surface area (Å²) in [6.45, 7) is 5.02. The van der Waals surface area contributed by atoms with E-state index in [1.807, 2.05) is 36.5 Å². The first kappa shape index (κ1) is 19.0. The molecule has 2 aromatic rings. The molecule has 2 aliphatic rings. The molecule has 1 aromatic heterocycles. The van der Waals surface area contributed by atoms with Gasteiger partial charge in [0, 0.05) is 17.3 Å². The van der Waals surface area contributed by atoms with Gasteiger partial charge in [-0.1, -0.05) is 17.7 Å². The molecule has 1 saturated heterocycles. The van der Waals surface area contributed by atoms with Gasteiger partial charge in [0.1, 0.15) is 0 Å². The van der Waals surface area contributed by atoms with Gasteiger partial charge in [0.05, 0.1) is 10.7 Å². The van der Waals surface area contributed by atoms with Crippen LogP contribution in [0.15, 0.2) is 23.6 Å². The fourth-order valence-electron chi connectivity index (χ4n) is 4.24.